The minimum Gasteiger partial charge on any atom is -0.392 e. The standard InChI is InChI=1S/C16H18ClNO3S/c1-10-4-5-13(9-19)8-15(10)18-22(20,21)16-7-11(2)14(17)6-12(16)3/h4-8,18-19H,9H2,1-3H3. The molecule has 6 heteroatoms. The van der Waals surface area contributed by atoms with E-state index in [4.69, 9.17) is 11.6 Å². The van der Waals surface area contributed by atoms with Crippen LogP contribution in [-0.2, 0) is 16.6 Å². The summed E-state index contributed by atoms with van der Waals surface area (Å²) in [5.41, 5.74) is 3.17. The normalized spacial score (nSPS) is 11.5. The van der Waals surface area contributed by atoms with Crippen molar-refractivity contribution in [3.05, 3.63) is 57.6 Å². The van der Waals surface area contributed by atoms with Crippen molar-refractivity contribution in [3.8, 4) is 0 Å². The van der Waals surface area contributed by atoms with E-state index < -0.39 is 10.0 Å². The molecule has 0 spiro atoms. The van der Waals surface area contributed by atoms with Crippen molar-refractivity contribution in [2.45, 2.75) is 32.3 Å². The number of rotatable bonds is 4. The second kappa shape index (κ2) is 6.28. The molecule has 0 saturated carbocycles. The van der Waals surface area contributed by atoms with Gasteiger partial charge in [0.05, 0.1) is 17.2 Å². The van der Waals surface area contributed by atoms with Gasteiger partial charge in [0, 0.05) is 5.02 Å². The highest BCUT2D eigenvalue weighted by Gasteiger charge is 2.19. The Morgan fingerprint density at radius 1 is 1.05 bits per heavy atom. The lowest BCUT2D eigenvalue weighted by molar-refractivity contribution is 0.282. The first-order valence-electron chi connectivity index (χ1n) is 6.74. The number of aliphatic hydroxyl groups is 1. The van der Waals surface area contributed by atoms with Crippen LogP contribution in [0.25, 0.3) is 0 Å². The third-order valence-electron chi connectivity index (χ3n) is 3.47. The van der Waals surface area contributed by atoms with Crippen LogP contribution >= 0.6 is 11.6 Å². The molecular formula is C16H18ClNO3S. The maximum Gasteiger partial charge on any atom is 0.262 e. The van der Waals surface area contributed by atoms with Crippen LogP contribution in [-0.4, -0.2) is 13.5 Å². The van der Waals surface area contributed by atoms with Crippen LogP contribution < -0.4 is 4.72 Å². The molecule has 22 heavy (non-hydrogen) atoms. The fraction of sp³-hybridized carbons (Fsp3) is 0.250. The van der Waals surface area contributed by atoms with Crippen molar-refractivity contribution in [1.82, 2.24) is 0 Å². The van der Waals surface area contributed by atoms with Gasteiger partial charge in [-0.25, -0.2) is 8.42 Å². The highest BCUT2D eigenvalue weighted by Crippen LogP contribution is 2.27. The third kappa shape index (κ3) is 3.43. The number of nitrogens with one attached hydrogen (secondary N) is 1. The second-order valence-electron chi connectivity index (χ2n) is 5.28. The molecule has 0 atom stereocenters. The molecule has 2 N–H and O–H groups in total. The van der Waals surface area contributed by atoms with Crippen molar-refractivity contribution in [2.75, 3.05) is 4.72 Å². The number of hydrogen-bond donors (Lipinski definition) is 2. The summed E-state index contributed by atoms with van der Waals surface area (Å²) in [5, 5.41) is 9.72. The predicted octanol–water partition coefficient (Wildman–Crippen LogP) is 3.56. The summed E-state index contributed by atoms with van der Waals surface area (Å²) in [6.45, 7) is 5.13. The number of hydrogen-bond acceptors (Lipinski definition) is 3. The maximum atomic E-state index is 12.6. The van der Waals surface area contributed by atoms with Gasteiger partial charge < -0.3 is 5.11 Å². The van der Waals surface area contributed by atoms with E-state index in [0.717, 1.165) is 5.56 Å². The number of aryl methyl sites for hydroxylation is 3. The third-order valence-corrected chi connectivity index (χ3v) is 5.39. The molecule has 0 bridgehead atoms. The lowest BCUT2D eigenvalue weighted by Gasteiger charge is -2.14. The average Bonchev–Trinajstić information content (AvgIpc) is 2.44. The van der Waals surface area contributed by atoms with Gasteiger partial charge >= 0.3 is 0 Å². The highest BCUT2D eigenvalue weighted by molar-refractivity contribution is 7.92. The first kappa shape index (κ1) is 16.8. The monoisotopic (exact) mass is 339 g/mol. The predicted molar refractivity (Wildman–Crippen MR) is 88.8 cm³/mol. The zero-order chi connectivity index (χ0) is 16.5. The van der Waals surface area contributed by atoms with Gasteiger partial charge in [-0.15, -0.1) is 0 Å². The number of halogens is 1. The van der Waals surface area contributed by atoms with E-state index in [1.165, 1.54) is 0 Å². The van der Waals surface area contributed by atoms with Crippen LogP contribution in [0.1, 0.15) is 22.3 Å². The Kier molecular flexibility index (Phi) is 4.80. The van der Waals surface area contributed by atoms with Crippen LogP contribution in [0.3, 0.4) is 0 Å². The molecule has 0 radical (unpaired) electrons. The quantitative estimate of drug-likeness (QED) is 0.895. The average molecular weight is 340 g/mol. The molecule has 0 aliphatic rings. The fourth-order valence-electron chi connectivity index (χ4n) is 2.12. The summed E-state index contributed by atoms with van der Waals surface area (Å²) in [6.07, 6.45) is 0. The molecule has 0 unspecified atom stereocenters. The molecule has 0 fully saturated rings. The molecule has 2 aromatic carbocycles. The molecule has 0 aliphatic heterocycles. The summed E-state index contributed by atoms with van der Waals surface area (Å²) in [6, 6.07) is 8.35. The minimum absolute atomic E-state index is 0.145. The van der Waals surface area contributed by atoms with Crippen LogP contribution in [0, 0.1) is 20.8 Å². The highest BCUT2D eigenvalue weighted by atomic mass is 35.5. The molecule has 0 saturated heterocycles. The zero-order valence-electron chi connectivity index (χ0n) is 12.6. The summed E-state index contributed by atoms with van der Waals surface area (Å²) in [5.74, 6) is 0. The Morgan fingerprint density at radius 2 is 1.73 bits per heavy atom. The molecule has 0 amide bonds. The molecule has 4 nitrogen and oxygen atoms in total. The van der Waals surface area contributed by atoms with E-state index in [0.29, 0.717) is 27.4 Å². The Balaban J connectivity index is 2.46. The summed E-state index contributed by atoms with van der Waals surface area (Å²) >= 11 is 6.02. The van der Waals surface area contributed by atoms with Gasteiger partial charge in [0.15, 0.2) is 0 Å². The smallest absolute Gasteiger partial charge is 0.262 e. The van der Waals surface area contributed by atoms with E-state index in [1.54, 1.807) is 51.1 Å². The summed E-state index contributed by atoms with van der Waals surface area (Å²) < 4.78 is 27.8. The van der Waals surface area contributed by atoms with Crippen LogP contribution in [0.5, 0.6) is 0 Å². The van der Waals surface area contributed by atoms with Crippen molar-refractivity contribution in [3.63, 3.8) is 0 Å². The van der Waals surface area contributed by atoms with Gasteiger partial charge in [0.2, 0.25) is 0 Å². The van der Waals surface area contributed by atoms with Gasteiger partial charge in [0.25, 0.3) is 10.0 Å². The van der Waals surface area contributed by atoms with Crippen LogP contribution in [0.15, 0.2) is 35.2 Å². The largest absolute Gasteiger partial charge is 0.392 e. The zero-order valence-corrected chi connectivity index (χ0v) is 14.2. The van der Waals surface area contributed by atoms with E-state index in [-0.39, 0.29) is 11.5 Å². The Bertz CT molecular complexity index is 816. The Hall–Kier alpha value is -1.56. The second-order valence-corrected chi connectivity index (χ2v) is 7.34. The number of aliphatic hydroxyl groups excluding tert-OH is 1. The molecule has 2 aromatic rings. The Labute approximate surface area is 135 Å². The summed E-state index contributed by atoms with van der Waals surface area (Å²) in [4.78, 5) is 0.197. The number of benzene rings is 2. The SMILES string of the molecule is Cc1cc(S(=O)(=O)Nc2cc(CO)ccc2C)c(C)cc1Cl. The van der Waals surface area contributed by atoms with Gasteiger partial charge in [0.1, 0.15) is 0 Å². The van der Waals surface area contributed by atoms with E-state index in [1.807, 2.05) is 0 Å². The Morgan fingerprint density at radius 3 is 2.36 bits per heavy atom. The first-order valence-corrected chi connectivity index (χ1v) is 8.60. The molecule has 0 aliphatic carbocycles. The van der Waals surface area contributed by atoms with Crippen molar-refractivity contribution >= 4 is 27.3 Å². The number of sulfonamides is 1. The van der Waals surface area contributed by atoms with Gasteiger partial charge in [-0.1, -0.05) is 23.7 Å². The maximum absolute atomic E-state index is 12.6. The van der Waals surface area contributed by atoms with Crippen molar-refractivity contribution in [2.24, 2.45) is 0 Å². The molecular weight excluding hydrogens is 322 g/mol. The lowest BCUT2D eigenvalue weighted by atomic mass is 10.1. The van der Waals surface area contributed by atoms with Gasteiger partial charge in [-0.3, -0.25) is 4.72 Å². The van der Waals surface area contributed by atoms with Gasteiger partial charge in [-0.2, -0.15) is 0 Å². The lowest BCUT2D eigenvalue weighted by Crippen LogP contribution is -2.15. The van der Waals surface area contributed by atoms with E-state index in [9.17, 15) is 13.5 Å². The number of anilines is 1. The van der Waals surface area contributed by atoms with Crippen LogP contribution in [0.2, 0.25) is 5.02 Å². The van der Waals surface area contributed by atoms with Crippen LogP contribution in [0.4, 0.5) is 5.69 Å². The topological polar surface area (TPSA) is 66.4 Å². The summed E-state index contributed by atoms with van der Waals surface area (Å²) in [7, 11) is -3.72. The van der Waals surface area contributed by atoms with E-state index >= 15 is 0 Å². The molecule has 0 aromatic heterocycles. The van der Waals surface area contributed by atoms with Crippen molar-refractivity contribution < 1.29 is 13.5 Å². The van der Waals surface area contributed by atoms with Crippen molar-refractivity contribution in [1.29, 1.82) is 0 Å². The molecule has 118 valence electrons. The molecule has 0 heterocycles. The van der Waals surface area contributed by atoms with E-state index in [2.05, 4.69) is 4.72 Å². The first-order chi connectivity index (χ1) is 10.2. The minimum atomic E-state index is -3.72. The van der Waals surface area contributed by atoms with Gasteiger partial charge in [-0.05, 0) is 61.2 Å². The molecule has 2 rings (SSSR count). The fourth-order valence-corrected chi connectivity index (χ4v) is 3.77.